The zero-order valence-electron chi connectivity index (χ0n) is 17.1. The lowest BCUT2D eigenvalue weighted by Crippen LogP contribution is -2.48. The molecule has 160 valence electrons. The summed E-state index contributed by atoms with van der Waals surface area (Å²) in [5.41, 5.74) is 1.99. The highest BCUT2D eigenvalue weighted by atomic mass is 32.1. The van der Waals surface area contributed by atoms with Crippen LogP contribution in [0.5, 0.6) is 0 Å². The third-order valence-corrected chi connectivity index (χ3v) is 6.66. The summed E-state index contributed by atoms with van der Waals surface area (Å²) in [5, 5.41) is 1.85. The molecule has 0 unspecified atom stereocenters. The molecule has 2 fully saturated rings. The van der Waals surface area contributed by atoms with E-state index in [0.29, 0.717) is 61.9 Å². The van der Waals surface area contributed by atoms with E-state index in [0.717, 1.165) is 12.1 Å². The van der Waals surface area contributed by atoms with Crippen molar-refractivity contribution in [2.24, 2.45) is 0 Å². The Balaban J connectivity index is 1.26. The summed E-state index contributed by atoms with van der Waals surface area (Å²) < 4.78 is 1.55. The monoisotopic (exact) mass is 437 g/mol. The number of carbonyl (C=O) groups excluding carboxylic acids is 2. The first-order valence-corrected chi connectivity index (χ1v) is 11.3. The van der Waals surface area contributed by atoms with Crippen LogP contribution in [0.1, 0.15) is 28.9 Å². The van der Waals surface area contributed by atoms with Gasteiger partial charge in [-0.05, 0) is 18.6 Å². The fourth-order valence-corrected chi connectivity index (χ4v) is 5.01. The molecule has 0 saturated carbocycles. The van der Waals surface area contributed by atoms with Crippen LogP contribution in [0.4, 0.5) is 5.69 Å². The van der Waals surface area contributed by atoms with E-state index in [1.165, 1.54) is 11.3 Å². The zero-order chi connectivity index (χ0) is 21.4. The quantitative estimate of drug-likeness (QED) is 0.623. The van der Waals surface area contributed by atoms with E-state index in [1.807, 2.05) is 34.5 Å². The normalized spacial score (nSPS) is 17.6. The van der Waals surface area contributed by atoms with Gasteiger partial charge in [0.25, 0.3) is 11.5 Å². The van der Waals surface area contributed by atoms with Crippen molar-refractivity contribution in [3.8, 4) is 0 Å². The number of anilines is 1. The third-order valence-electron chi connectivity index (χ3n) is 5.90. The zero-order valence-corrected chi connectivity index (χ0v) is 17.9. The maximum Gasteiger partial charge on any atom is 0.258 e. The number of nitrogens with zero attached hydrogens (tertiary/aromatic N) is 5. The Morgan fingerprint density at radius 1 is 1.06 bits per heavy atom. The van der Waals surface area contributed by atoms with Crippen LogP contribution in [0, 0.1) is 0 Å². The van der Waals surface area contributed by atoms with Crippen LogP contribution in [-0.4, -0.2) is 63.7 Å². The Hall–Kier alpha value is -3.04. The molecule has 1 aromatic carbocycles. The van der Waals surface area contributed by atoms with Crippen LogP contribution >= 0.6 is 11.3 Å². The lowest BCUT2D eigenvalue weighted by Gasteiger charge is -2.35. The van der Waals surface area contributed by atoms with Crippen molar-refractivity contribution in [2.75, 3.05) is 37.6 Å². The Morgan fingerprint density at radius 2 is 1.87 bits per heavy atom. The first-order chi connectivity index (χ1) is 15.1. The van der Waals surface area contributed by atoms with Gasteiger partial charge >= 0.3 is 0 Å². The minimum absolute atomic E-state index is 0.0358. The Bertz CT molecular complexity index is 1200. The molecule has 2 aliphatic rings. The molecular formula is C22H23N5O3S. The summed E-state index contributed by atoms with van der Waals surface area (Å²) in [6.07, 6.45) is 3.10. The van der Waals surface area contributed by atoms with E-state index in [1.54, 1.807) is 21.6 Å². The van der Waals surface area contributed by atoms with Crippen molar-refractivity contribution in [2.45, 2.75) is 19.4 Å². The number of hydrogen-bond donors (Lipinski definition) is 0. The second-order valence-electron chi connectivity index (χ2n) is 7.88. The number of aromatic nitrogens is 2. The van der Waals surface area contributed by atoms with E-state index in [4.69, 9.17) is 0 Å². The van der Waals surface area contributed by atoms with Gasteiger partial charge in [0.2, 0.25) is 5.91 Å². The van der Waals surface area contributed by atoms with E-state index in [-0.39, 0.29) is 17.4 Å². The van der Waals surface area contributed by atoms with Crippen molar-refractivity contribution in [1.82, 2.24) is 19.2 Å². The molecule has 9 heteroatoms. The summed E-state index contributed by atoms with van der Waals surface area (Å²) in [5.74, 6) is 0.0440. The van der Waals surface area contributed by atoms with Gasteiger partial charge in [-0.25, -0.2) is 4.98 Å². The number of carbonyl (C=O) groups is 2. The van der Waals surface area contributed by atoms with Crippen LogP contribution in [0.3, 0.4) is 0 Å². The molecular weight excluding hydrogens is 414 g/mol. The standard InChI is InChI=1S/C22H23N5O3S/c28-19-6-3-7-26(19)18-5-2-1-4-17(18)21(30)25-10-8-24(9-11-25)15-16-14-20(29)27-12-13-31-22(27)23-16/h1-2,4-5,12-14H,3,6-11,15H2. The van der Waals surface area contributed by atoms with Crippen LogP contribution in [0.2, 0.25) is 0 Å². The number of benzene rings is 1. The number of thiazole rings is 1. The molecule has 31 heavy (non-hydrogen) atoms. The van der Waals surface area contributed by atoms with E-state index < -0.39 is 0 Å². The number of piperazine rings is 1. The van der Waals surface area contributed by atoms with Crippen molar-refractivity contribution < 1.29 is 9.59 Å². The van der Waals surface area contributed by atoms with Gasteiger partial charge in [-0.3, -0.25) is 23.7 Å². The van der Waals surface area contributed by atoms with Gasteiger partial charge in [0.15, 0.2) is 4.96 Å². The van der Waals surface area contributed by atoms with Crippen molar-refractivity contribution >= 4 is 33.8 Å². The number of fused-ring (bicyclic) bond motifs is 1. The van der Waals surface area contributed by atoms with E-state index >= 15 is 0 Å². The van der Waals surface area contributed by atoms with Gasteiger partial charge in [-0.15, -0.1) is 11.3 Å². The molecule has 2 saturated heterocycles. The van der Waals surface area contributed by atoms with Crippen LogP contribution < -0.4 is 10.5 Å². The maximum atomic E-state index is 13.2. The van der Waals surface area contributed by atoms with Gasteiger partial charge < -0.3 is 9.80 Å². The first-order valence-electron chi connectivity index (χ1n) is 10.5. The SMILES string of the molecule is O=C(c1ccccc1N1CCCC1=O)N1CCN(Cc2cc(=O)n3ccsc3n2)CC1. The van der Waals surface area contributed by atoms with Gasteiger partial charge in [-0.2, -0.15) is 0 Å². The molecule has 0 aliphatic carbocycles. The molecule has 8 nitrogen and oxygen atoms in total. The van der Waals surface area contributed by atoms with Gasteiger partial charge in [0.1, 0.15) is 0 Å². The second kappa shape index (κ2) is 8.24. The number of amides is 2. The minimum Gasteiger partial charge on any atom is -0.336 e. The molecule has 4 heterocycles. The van der Waals surface area contributed by atoms with Gasteiger partial charge in [0, 0.05) is 63.3 Å². The first kappa shape index (κ1) is 19.9. The molecule has 0 atom stereocenters. The number of para-hydroxylation sites is 1. The Morgan fingerprint density at radius 3 is 2.65 bits per heavy atom. The van der Waals surface area contributed by atoms with Gasteiger partial charge in [0.05, 0.1) is 16.9 Å². The van der Waals surface area contributed by atoms with Crippen molar-refractivity contribution in [1.29, 1.82) is 0 Å². The summed E-state index contributed by atoms with van der Waals surface area (Å²) in [6.45, 7) is 3.87. The van der Waals surface area contributed by atoms with E-state index in [9.17, 15) is 14.4 Å². The highest BCUT2D eigenvalue weighted by Crippen LogP contribution is 2.27. The van der Waals surface area contributed by atoms with Crippen LogP contribution in [0.25, 0.3) is 4.96 Å². The average Bonchev–Trinajstić information content (AvgIpc) is 3.43. The van der Waals surface area contributed by atoms with Crippen molar-refractivity contribution in [3.63, 3.8) is 0 Å². The van der Waals surface area contributed by atoms with E-state index in [2.05, 4.69) is 9.88 Å². The summed E-state index contributed by atoms with van der Waals surface area (Å²) >= 11 is 1.44. The van der Waals surface area contributed by atoms with Crippen LogP contribution in [-0.2, 0) is 11.3 Å². The summed E-state index contributed by atoms with van der Waals surface area (Å²) in [4.78, 5) is 48.7. The summed E-state index contributed by atoms with van der Waals surface area (Å²) in [7, 11) is 0. The highest BCUT2D eigenvalue weighted by molar-refractivity contribution is 7.15. The third kappa shape index (κ3) is 3.86. The Labute approximate surface area is 183 Å². The molecule has 3 aromatic rings. The summed E-state index contributed by atoms with van der Waals surface area (Å²) in [6, 6.07) is 8.97. The molecule has 0 spiro atoms. The van der Waals surface area contributed by atoms with Crippen molar-refractivity contribution in [3.05, 3.63) is 63.5 Å². The topological polar surface area (TPSA) is 78.2 Å². The molecule has 5 rings (SSSR count). The smallest absolute Gasteiger partial charge is 0.258 e. The minimum atomic E-state index is -0.0665. The average molecular weight is 438 g/mol. The molecule has 0 bridgehead atoms. The second-order valence-corrected chi connectivity index (χ2v) is 8.75. The molecule has 2 amide bonds. The fourth-order valence-electron chi connectivity index (χ4n) is 4.27. The van der Waals surface area contributed by atoms with Gasteiger partial charge in [-0.1, -0.05) is 12.1 Å². The molecule has 0 radical (unpaired) electrons. The fraction of sp³-hybridized carbons (Fsp3) is 0.364. The molecule has 2 aliphatic heterocycles. The lowest BCUT2D eigenvalue weighted by molar-refractivity contribution is -0.117. The lowest BCUT2D eigenvalue weighted by atomic mass is 10.1. The predicted molar refractivity (Wildman–Crippen MR) is 119 cm³/mol. The molecule has 2 aromatic heterocycles. The largest absolute Gasteiger partial charge is 0.336 e. The highest BCUT2D eigenvalue weighted by Gasteiger charge is 2.29. The number of hydrogen-bond acceptors (Lipinski definition) is 6. The predicted octanol–water partition coefficient (Wildman–Crippen LogP) is 1.84. The van der Waals surface area contributed by atoms with Crippen LogP contribution in [0.15, 0.2) is 46.7 Å². The Kier molecular flexibility index (Phi) is 5.29. The molecule has 0 N–H and O–H groups in total. The number of rotatable bonds is 4. The maximum absolute atomic E-state index is 13.2.